The number of ether oxygens (including phenoxy) is 2. The summed E-state index contributed by atoms with van der Waals surface area (Å²) in [6.07, 6.45) is 0.261. The van der Waals surface area contributed by atoms with Gasteiger partial charge in [0.2, 0.25) is 0 Å². The fourth-order valence-corrected chi connectivity index (χ4v) is 1.94. The summed E-state index contributed by atoms with van der Waals surface area (Å²) in [5, 5.41) is 10.4. The summed E-state index contributed by atoms with van der Waals surface area (Å²) in [6.45, 7) is 3.73. The highest BCUT2D eigenvalue weighted by Gasteiger charge is 2.20. The molecule has 0 aliphatic carbocycles. The maximum atomic E-state index is 10.4. The molecule has 0 heterocycles. The third kappa shape index (κ3) is 3.19. The summed E-state index contributed by atoms with van der Waals surface area (Å²) in [4.78, 5) is 0. The molecule has 104 valence electrons. The quantitative estimate of drug-likeness (QED) is 0.818. The van der Waals surface area contributed by atoms with E-state index in [9.17, 15) is 5.11 Å². The summed E-state index contributed by atoms with van der Waals surface area (Å²) < 4.78 is 11.0. The van der Waals surface area contributed by atoms with Gasteiger partial charge in [0.05, 0.1) is 7.11 Å². The zero-order valence-corrected chi connectivity index (χ0v) is 11.4. The van der Waals surface area contributed by atoms with E-state index in [1.165, 1.54) is 0 Å². The molecule has 3 nitrogen and oxygen atoms in total. The number of aliphatic hydroxyl groups excluding tert-OH is 1. The van der Waals surface area contributed by atoms with E-state index in [0.29, 0.717) is 11.5 Å². The molecular formula is C17H18O3. The van der Waals surface area contributed by atoms with Gasteiger partial charge in [0, 0.05) is 0 Å². The summed E-state index contributed by atoms with van der Waals surface area (Å²) in [5.74, 6) is 1.20. The van der Waals surface area contributed by atoms with Crippen LogP contribution in [0.25, 0.3) is 0 Å². The van der Waals surface area contributed by atoms with Crippen LogP contribution in [0.2, 0.25) is 0 Å². The summed E-state index contributed by atoms with van der Waals surface area (Å²) in [7, 11) is 1.58. The predicted molar refractivity (Wildman–Crippen MR) is 79.0 cm³/mol. The highest BCUT2D eigenvalue weighted by atomic mass is 16.5. The van der Waals surface area contributed by atoms with Gasteiger partial charge >= 0.3 is 0 Å². The Morgan fingerprint density at radius 2 is 1.60 bits per heavy atom. The first-order valence-electron chi connectivity index (χ1n) is 6.41. The smallest absolute Gasteiger partial charge is 0.162 e. The summed E-state index contributed by atoms with van der Waals surface area (Å²) in [6, 6.07) is 16.7. The van der Waals surface area contributed by atoms with Crippen molar-refractivity contribution >= 4 is 0 Å². The largest absolute Gasteiger partial charge is 0.493 e. The molecule has 0 aliphatic heterocycles. The SMILES string of the molecule is C=CC(Oc1ccccc1OC)C(O)c1ccccc1. The van der Waals surface area contributed by atoms with Gasteiger partial charge in [0.15, 0.2) is 11.5 Å². The normalized spacial score (nSPS) is 13.3. The molecule has 0 saturated carbocycles. The van der Waals surface area contributed by atoms with Gasteiger partial charge in [-0.05, 0) is 23.8 Å². The second-order valence-corrected chi connectivity index (χ2v) is 4.32. The van der Waals surface area contributed by atoms with Crippen LogP contribution in [-0.2, 0) is 0 Å². The van der Waals surface area contributed by atoms with Crippen LogP contribution in [-0.4, -0.2) is 18.3 Å². The molecule has 2 atom stereocenters. The van der Waals surface area contributed by atoms with Crippen LogP contribution in [0.5, 0.6) is 11.5 Å². The average molecular weight is 270 g/mol. The van der Waals surface area contributed by atoms with Crippen LogP contribution < -0.4 is 9.47 Å². The van der Waals surface area contributed by atoms with Crippen LogP contribution in [0.3, 0.4) is 0 Å². The lowest BCUT2D eigenvalue weighted by Gasteiger charge is -2.22. The minimum absolute atomic E-state index is 0.548. The molecule has 2 aromatic rings. The van der Waals surface area contributed by atoms with Gasteiger partial charge in [-0.3, -0.25) is 0 Å². The van der Waals surface area contributed by atoms with Gasteiger partial charge in [0.1, 0.15) is 12.2 Å². The first-order chi connectivity index (χ1) is 9.76. The second kappa shape index (κ2) is 6.78. The Balaban J connectivity index is 2.19. The van der Waals surface area contributed by atoms with E-state index in [-0.39, 0.29) is 0 Å². The molecule has 3 heteroatoms. The molecule has 0 radical (unpaired) electrons. The van der Waals surface area contributed by atoms with Gasteiger partial charge in [-0.2, -0.15) is 0 Å². The molecule has 0 bridgehead atoms. The van der Waals surface area contributed by atoms with E-state index in [1.807, 2.05) is 48.5 Å². The molecule has 0 aliphatic rings. The third-order valence-corrected chi connectivity index (χ3v) is 3.02. The van der Waals surface area contributed by atoms with Crippen LogP contribution in [0.15, 0.2) is 67.3 Å². The van der Waals surface area contributed by atoms with Crippen molar-refractivity contribution in [3.63, 3.8) is 0 Å². The Bertz CT molecular complexity index is 551. The lowest BCUT2D eigenvalue weighted by molar-refractivity contribution is 0.0621. The molecule has 2 rings (SSSR count). The molecular weight excluding hydrogens is 252 g/mol. The maximum absolute atomic E-state index is 10.4. The monoisotopic (exact) mass is 270 g/mol. The number of hydrogen-bond donors (Lipinski definition) is 1. The number of para-hydroxylation sites is 2. The molecule has 0 spiro atoms. The number of rotatable bonds is 6. The van der Waals surface area contributed by atoms with Crippen LogP contribution in [0.1, 0.15) is 11.7 Å². The lowest BCUT2D eigenvalue weighted by atomic mass is 10.0. The zero-order chi connectivity index (χ0) is 14.4. The van der Waals surface area contributed by atoms with Crippen molar-refractivity contribution in [3.05, 3.63) is 72.8 Å². The Morgan fingerprint density at radius 1 is 1.00 bits per heavy atom. The van der Waals surface area contributed by atoms with Crippen molar-refractivity contribution < 1.29 is 14.6 Å². The van der Waals surface area contributed by atoms with Gasteiger partial charge in [-0.15, -0.1) is 0 Å². The first kappa shape index (κ1) is 14.2. The molecule has 2 aromatic carbocycles. The predicted octanol–water partition coefficient (Wildman–Crippen LogP) is 3.36. The van der Waals surface area contributed by atoms with Crippen molar-refractivity contribution in [1.82, 2.24) is 0 Å². The highest BCUT2D eigenvalue weighted by molar-refractivity contribution is 5.40. The molecule has 0 aromatic heterocycles. The van der Waals surface area contributed by atoms with E-state index in [1.54, 1.807) is 19.3 Å². The van der Waals surface area contributed by atoms with Crippen LogP contribution >= 0.6 is 0 Å². The number of aliphatic hydroxyl groups is 1. The molecule has 1 N–H and O–H groups in total. The Hall–Kier alpha value is -2.26. The highest BCUT2D eigenvalue weighted by Crippen LogP contribution is 2.30. The second-order valence-electron chi connectivity index (χ2n) is 4.32. The number of hydrogen-bond acceptors (Lipinski definition) is 3. The maximum Gasteiger partial charge on any atom is 0.162 e. The van der Waals surface area contributed by atoms with Gasteiger partial charge in [-0.1, -0.05) is 49.0 Å². The fourth-order valence-electron chi connectivity index (χ4n) is 1.94. The van der Waals surface area contributed by atoms with Gasteiger partial charge in [-0.25, -0.2) is 0 Å². The third-order valence-electron chi connectivity index (χ3n) is 3.02. The molecule has 0 amide bonds. The minimum atomic E-state index is -0.779. The topological polar surface area (TPSA) is 38.7 Å². The average Bonchev–Trinajstić information content (AvgIpc) is 2.53. The van der Waals surface area contributed by atoms with Crippen LogP contribution in [0, 0.1) is 0 Å². The summed E-state index contributed by atoms with van der Waals surface area (Å²) >= 11 is 0. The van der Waals surface area contributed by atoms with E-state index in [2.05, 4.69) is 6.58 Å². The molecule has 20 heavy (non-hydrogen) atoms. The zero-order valence-electron chi connectivity index (χ0n) is 11.4. The van der Waals surface area contributed by atoms with Crippen molar-refractivity contribution in [1.29, 1.82) is 0 Å². The van der Waals surface area contributed by atoms with E-state index in [4.69, 9.17) is 9.47 Å². The Labute approximate surface area is 119 Å². The van der Waals surface area contributed by atoms with E-state index in [0.717, 1.165) is 5.56 Å². The molecule has 0 fully saturated rings. The lowest BCUT2D eigenvalue weighted by Crippen LogP contribution is -2.23. The molecule has 0 saturated heterocycles. The van der Waals surface area contributed by atoms with Crippen molar-refractivity contribution in [2.24, 2.45) is 0 Å². The molecule has 2 unspecified atom stereocenters. The minimum Gasteiger partial charge on any atom is -0.493 e. The Morgan fingerprint density at radius 3 is 2.20 bits per heavy atom. The van der Waals surface area contributed by atoms with Crippen LogP contribution in [0.4, 0.5) is 0 Å². The van der Waals surface area contributed by atoms with Crippen molar-refractivity contribution in [2.75, 3.05) is 7.11 Å². The Kier molecular flexibility index (Phi) is 4.80. The number of benzene rings is 2. The standard InChI is InChI=1S/C17H18O3/c1-3-14(17(18)13-9-5-4-6-10-13)20-16-12-8-7-11-15(16)19-2/h3-12,14,17-18H,1H2,2H3. The van der Waals surface area contributed by atoms with Crippen molar-refractivity contribution in [3.8, 4) is 11.5 Å². The van der Waals surface area contributed by atoms with Gasteiger partial charge < -0.3 is 14.6 Å². The number of methoxy groups -OCH3 is 1. The summed E-state index contributed by atoms with van der Waals surface area (Å²) in [5.41, 5.74) is 0.785. The first-order valence-corrected chi connectivity index (χ1v) is 6.41. The fraction of sp³-hybridized carbons (Fsp3) is 0.176. The van der Waals surface area contributed by atoms with E-state index < -0.39 is 12.2 Å². The van der Waals surface area contributed by atoms with Gasteiger partial charge in [0.25, 0.3) is 0 Å². The van der Waals surface area contributed by atoms with E-state index >= 15 is 0 Å². The van der Waals surface area contributed by atoms with Crippen molar-refractivity contribution in [2.45, 2.75) is 12.2 Å².